The van der Waals surface area contributed by atoms with Crippen molar-refractivity contribution in [3.63, 3.8) is 0 Å². The summed E-state index contributed by atoms with van der Waals surface area (Å²) in [6, 6.07) is 6.72. The molecule has 0 saturated heterocycles. The molecule has 0 radical (unpaired) electrons. The molecule has 170 valence electrons. The number of phenols is 1. The average Bonchev–Trinajstić information content (AvgIpc) is 2.67. The molecule has 1 aromatic rings. The van der Waals surface area contributed by atoms with Crippen LogP contribution in [0.2, 0.25) is 0 Å². The lowest BCUT2D eigenvalue weighted by molar-refractivity contribution is 0.0663. The molecule has 0 spiro atoms. The van der Waals surface area contributed by atoms with Crippen LogP contribution < -0.4 is 0 Å². The molecular weight excluding hydrogens is 380 g/mol. The Labute approximate surface area is 190 Å². The number of rotatable bonds is 12. The van der Waals surface area contributed by atoms with Gasteiger partial charge < -0.3 is 5.11 Å². The molecule has 1 aromatic carbocycles. The van der Waals surface area contributed by atoms with Gasteiger partial charge in [-0.2, -0.15) is 0 Å². The van der Waals surface area contributed by atoms with Crippen molar-refractivity contribution in [2.75, 3.05) is 0 Å². The first kappa shape index (κ1) is 26.7. The first-order chi connectivity index (χ1) is 14.4. The zero-order valence-corrected chi connectivity index (χ0v) is 20.7. The van der Waals surface area contributed by atoms with Crippen LogP contribution in [-0.4, -0.2) is 10.9 Å². The Bertz CT molecular complexity index is 847. The van der Waals surface area contributed by atoms with Crippen molar-refractivity contribution in [1.29, 1.82) is 0 Å². The molecule has 0 aliphatic carbocycles. The second-order valence-corrected chi connectivity index (χ2v) is 9.88. The highest BCUT2D eigenvalue weighted by molar-refractivity contribution is 6.01. The number of carbonyl (C=O) groups excluding carboxylic acids is 1. The van der Waals surface area contributed by atoms with Gasteiger partial charge in [0.25, 0.3) is 0 Å². The van der Waals surface area contributed by atoms with Gasteiger partial charge in [0, 0.05) is 11.0 Å². The van der Waals surface area contributed by atoms with Gasteiger partial charge in [-0.15, -0.1) is 6.58 Å². The third kappa shape index (κ3) is 8.01. The minimum Gasteiger partial charge on any atom is -0.508 e. The van der Waals surface area contributed by atoms with E-state index < -0.39 is 5.41 Å². The maximum Gasteiger partial charge on any atom is 0.169 e. The smallest absolute Gasteiger partial charge is 0.169 e. The number of benzene rings is 1. The molecule has 1 N–H and O–H groups in total. The van der Waals surface area contributed by atoms with E-state index >= 15 is 0 Å². The third-order valence-corrected chi connectivity index (χ3v) is 6.02. The van der Waals surface area contributed by atoms with Crippen LogP contribution in [0.5, 0.6) is 5.75 Å². The summed E-state index contributed by atoms with van der Waals surface area (Å²) in [4.78, 5) is 13.9. The number of ketones is 1. The van der Waals surface area contributed by atoms with Crippen LogP contribution in [0, 0.1) is 17.3 Å². The zero-order chi connectivity index (χ0) is 23.8. The quantitative estimate of drug-likeness (QED) is 0.271. The van der Waals surface area contributed by atoms with E-state index in [0.717, 1.165) is 30.4 Å². The summed E-state index contributed by atoms with van der Waals surface area (Å²) in [5.41, 5.74) is 4.56. The van der Waals surface area contributed by atoms with Gasteiger partial charge in [0.1, 0.15) is 5.75 Å². The number of Topliss-reactive ketones (excluding diaryl/α,β-unsaturated/α-hetero) is 1. The molecule has 0 saturated carbocycles. The summed E-state index contributed by atoms with van der Waals surface area (Å²) in [6.07, 6.45) is 7.88. The van der Waals surface area contributed by atoms with Gasteiger partial charge in [-0.1, -0.05) is 60.1 Å². The zero-order valence-electron chi connectivity index (χ0n) is 20.7. The van der Waals surface area contributed by atoms with E-state index in [-0.39, 0.29) is 23.4 Å². The van der Waals surface area contributed by atoms with Crippen LogP contribution in [0.3, 0.4) is 0 Å². The number of hydrogen-bond acceptors (Lipinski definition) is 2. The predicted molar refractivity (Wildman–Crippen MR) is 134 cm³/mol. The van der Waals surface area contributed by atoms with E-state index in [1.165, 1.54) is 11.1 Å². The fraction of sp³-hybridized carbons (Fsp3) is 0.483. The van der Waals surface area contributed by atoms with Crippen molar-refractivity contribution in [2.24, 2.45) is 17.3 Å². The highest BCUT2D eigenvalue weighted by Gasteiger charge is 2.44. The Balaban J connectivity index is 3.59. The molecule has 3 atom stereocenters. The highest BCUT2D eigenvalue weighted by atomic mass is 16.3. The number of allylic oxidation sites excluding steroid dienone is 6. The molecule has 31 heavy (non-hydrogen) atoms. The van der Waals surface area contributed by atoms with Crippen LogP contribution in [0.25, 0.3) is 0 Å². The molecule has 0 aliphatic rings. The van der Waals surface area contributed by atoms with E-state index in [1.54, 1.807) is 24.3 Å². The maximum atomic E-state index is 13.9. The Morgan fingerprint density at radius 2 is 1.68 bits per heavy atom. The summed E-state index contributed by atoms with van der Waals surface area (Å²) < 4.78 is 0. The van der Waals surface area contributed by atoms with Crippen molar-refractivity contribution in [2.45, 2.75) is 74.1 Å². The Hall–Kier alpha value is -2.35. The highest BCUT2D eigenvalue weighted by Crippen LogP contribution is 2.46. The lowest BCUT2D eigenvalue weighted by Gasteiger charge is -2.41. The van der Waals surface area contributed by atoms with Crippen molar-refractivity contribution in [1.82, 2.24) is 0 Å². The van der Waals surface area contributed by atoms with Crippen LogP contribution in [0.4, 0.5) is 0 Å². The third-order valence-electron chi connectivity index (χ3n) is 6.02. The molecule has 0 fully saturated rings. The van der Waals surface area contributed by atoms with E-state index in [1.807, 2.05) is 0 Å². The van der Waals surface area contributed by atoms with Gasteiger partial charge >= 0.3 is 0 Å². The molecule has 0 amide bonds. The summed E-state index contributed by atoms with van der Waals surface area (Å²) in [5.74, 6) is 0.464. The predicted octanol–water partition coefficient (Wildman–Crippen LogP) is 8.46. The SMILES string of the molecule is C=C(C)CC[C@@H](CC=C(C)C)[C@@H](C(=C)C)[C@](C)(CC=C(C)C)C(=O)c1cccc(O)c1. The standard InChI is InChI=1S/C29H42O2/c1-20(2)13-15-24(16-14-21(3)4)27(23(7)8)29(9,18-17-22(5)6)28(31)25-11-10-12-26(30)19-25/h10-12,14,17,19,24,27,30H,1,7,13,15-16,18H2,2-6,8-9H3/t24-,27+,29-/m0/s1. The monoisotopic (exact) mass is 422 g/mol. The number of phenolic OH excluding ortho intramolecular Hbond substituents is 1. The number of hydrogen-bond donors (Lipinski definition) is 1. The Morgan fingerprint density at radius 1 is 1.06 bits per heavy atom. The fourth-order valence-electron chi connectivity index (χ4n) is 4.46. The minimum absolute atomic E-state index is 0.00731. The second-order valence-electron chi connectivity index (χ2n) is 9.88. The van der Waals surface area contributed by atoms with Gasteiger partial charge in [-0.3, -0.25) is 4.79 Å². The average molecular weight is 423 g/mol. The normalized spacial score (nSPS) is 14.7. The first-order valence-electron chi connectivity index (χ1n) is 11.3. The fourth-order valence-corrected chi connectivity index (χ4v) is 4.46. The molecule has 1 rings (SSSR count). The Morgan fingerprint density at radius 3 is 2.16 bits per heavy atom. The van der Waals surface area contributed by atoms with Crippen LogP contribution in [0.15, 0.2) is 71.9 Å². The van der Waals surface area contributed by atoms with Crippen LogP contribution >= 0.6 is 0 Å². The molecule has 0 heterocycles. The largest absolute Gasteiger partial charge is 0.508 e. The van der Waals surface area contributed by atoms with Gasteiger partial charge in [0.15, 0.2) is 5.78 Å². The second kappa shape index (κ2) is 11.9. The van der Waals surface area contributed by atoms with Gasteiger partial charge in [0.2, 0.25) is 0 Å². The summed E-state index contributed by atoms with van der Waals surface area (Å²) >= 11 is 0. The lowest BCUT2D eigenvalue weighted by atomic mass is 9.61. The maximum absolute atomic E-state index is 13.9. The molecule has 0 aliphatic heterocycles. The molecule has 0 unspecified atom stereocenters. The van der Waals surface area contributed by atoms with E-state index in [9.17, 15) is 9.90 Å². The molecule has 2 nitrogen and oxygen atoms in total. The topological polar surface area (TPSA) is 37.3 Å². The minimum atomic E-state index is -0.661. The number of aromatic hydroxyl groups is 1. The molecular formula is C29H42O2. The van der Waals surface area contributed by atoms with Crippen molar-refractivity contribution < 1.29 is 9.90 Å². The van der Waals surface area contributed by atoms with Crippen LogP contribution in [0.1, 0.15) is 84.5 Å². The lowest BCUT2D eigenvalue weighted by Crippen LogP contribution is -2.40. The molecule has 2 heteroatoms. The summed E-state index contributed by atoms with van der Waals surface area (Å²) in [5, 5.41) is 9.99. The van der Waals surface area contributed by atoms with Crippen molar-refractivity contribution in [3.8, 4) is 5.75 Å². The molecule has 0 bridgehead atoms. The van der Waals surface area contributed by atoms with Crippen molar-refractivity contribution in [3.05, 3.63) is 77.4 Å². The number of carbonyl (C=O) groups is 1. The van der Waals surface area contributed by atoms with Crippen LogP contribution in [-0.2, 0) is 0 Å². The molecule has 0 aromatic heterocycles. The van der Waals surface area contributed by atoms with Gasteiger partial charge in [-0.25, -0.2) is 0 Å². The van der Waals surface area contributed by atoms with E-state index in [2.05, 4.69) is 73.8 Å². The van der Waals surface area contributed by atoms with Gasteiger partial charge in [0.05, 0.1) is 0 Å². The summed E-state index contributed by atoms with van der Waals surface area (Å²) in [6.45, 7) is 23.0. The van der Waals surface area contributed by atoms with E-state index in [4.69, 9.17) is 0 Å². The van der Waals surface area contributed by atoms with Gasteiger partial charge in [-0.05, 0) is 91.2 Å². The van der Waals surface area contributed by atoms with Crippen molar-refractivity contribution >= 4 is 5.78 Å². The van der Waals surface area contributed by atoms with E-state index in [0.29, 0.717) is 12.0 Å². The first-order valence-corrected chi connectivity index (χ1v) is 11.3. The Kier molecular flexibility index (Phi) is 10.2. The summed E-state index contributed by atoms with van der Waals surface area (Å²) in [7, 11) is 0.